The maximum absolute atomic E-state index is 12.6. The molecule has 19 heavy (non-hydrogen) atoms. The predicted octanol–water partition coefficient (Wildman–Crippen LogP) is 4.00. The smallest absolute Gasteiger partial charge is 0.153 e. The Morgan fingerprint density at radius 3 is 1.47 bits per heavy atom. The Labute approximate surface area is 116 Å². The fourth-order valence-electron chi connectivity index (χ4n) is 1.93. The molecule has 0 radical (unpaired) electrons. The van der Waals surface area contributed by atoms with Crippen LogP contribution < -0.4 is 0 Å². The van der Waals surface area contributed by atoms with Crippen molar-refractivity contribution >= 4 is 11.6 Å². The summed E-state index contributed by atoms with van der Waals surface area (Å²) in [5, 5.41) is 0. The van der Waals surface area contributed by atoms with E-state index < -0.39 is 16.7 Å². The van der Waals surface area contributed by atoms with Gasteiger partial charge in [0.15, 0.2) is 11.6 Å². The SMILES string of the molecule is CC(C)(C)C(=O)C(C(=O)C(C)(C)C)c1ccccc1. The molecule has 0 aliphatic heterocycles. The second-order valence-corrected chi connectivity index (χ2v) is 7.07. The van der Waals surface area contributed by atoms with Gasteiger partial charge in [0, 0.05) is 10.8 Å². The van der Waals surface area contributed by atoms with Crippen LogP contribution in [-0.4, -0.2) is 11.6 Å². The number of ketones is 2. The zero-order valence-corrected chi connectivity index (χ0v) is 12.8. The lowest BCUT2D eigenvalue weighted by atomic mass is 9.72. The fraction of sp³-hybridized carbons (Fsp3) is 0.529. The van der Waals surface area contributed by atoms with Crippen LogP contribution >= 0.6 is 0 Å². The van der Waals surface area contributed by atoms with Gasteiger partial charge in [0.25, 0.3) is 0 Å². The number of rotatable bonds is 3. The molecule has 0 aromatic heterocycles. The quantitative estimate of drug-likeness (QED) is 0.770. The first-order valence-electron chi connectivity index (χ1n) is 6.68. The molecule has 1 rings (SSSR count). The van der Waals surface area contributed by atoms with E-state index in [-0.39, 0.29) is 11.6 Å². The number of benzene rings is 1. The lowest BCUT2D eigenvalue weighted by Crippen LogP contribution is -2.37. The molecule has 1 aromatic carbocycles. The molecule has 0 amide bonds. The highest BCUT2D eigenvalue weighted by Crippen LogP contribution is 2.33. The summed E-state index contributed by atoms with van der Waals surface area (Å²) in [7, 11) is 0. The first-order valence-corrected chi connectivity index (χ1v) is 6.68. The average Bonchev–Trinajstić information content (AvgIpc) is 2.28. The molecule has 0 saturated carbocycles. The van der Waals surface area contributed by atoms with Gasteiger partial charge in [-0.15, -0.1) is 0 Å². The molecule has 104 valence electrons. The van der Waals surface area contributed by atoms with E-state index in [9.17, 15) is 9.59 Å². The Hall–Kier alpha value is -1.44. The predicted molar refractivity (Wildman–Crippen MR) is 78.1 cm³/mol. The van der Waals surface area contributed by atoms with E-state index in [0.29, 0.717) is 0 Å². The Kier molecular flexibility index (Phi) is 4.34. The van der Waals surface area contributed by atoms with Crippen LogP contribution in [-0.2, 0) is 9.59 Å². The average molecular weight is 260 g/mol. The summed E-state index contributed by atoms with van der Waals surface area (Å²) in [4.78, 5) is 25.3. The van der Waals surface area contributed by atoms with Gasteiger partial charge in [0.2, 0.25) is 0 Å². The minimum Gasteiger partial charge on any atom is -0.298 e. The normalized spacial score (nSPS) is 12.6. The van der Waals surface area contributed by atoms with Crippen LogP contribution in [0.5, 0.6) is 0 Å². The topological polar surface area (TPSA) is 34.1 Å². The summed E-state index contributed by atoms with van der Waals surface area (Å²) in [6, 6.07) is 9.35. The highest BCUT2D eigenvalue weighted by molar-refractivity contribution is 6.11. The van der Waals surface area contributed by atoms with Crippen molar-refractivity contribution in [2.24, 2.45) is 10.8 Å². The van der Waals surface area contributed by atoms with Crippen LogP contribution in [0.2, 0.25) is 0 Å². The van der Waals surface area contributed by atoms with Gasteiger partial charge in [-0.1, -0.05) is 71.9 Å². The van der Waals surface area contributed by atoms with Gasteiger partial charge in [-0.05, 0) is 5.56 Å². The highest BCUT2D eigenvalue weighted by atomic mass is 16.2. The number of hydrogen-bond acceptors (Lipinski definition) is 2. The molecule has 2 heteroatoms. The lowest BCUT2D eigenvalue weighted by Gasteiger charge is -2.29. The van der Waals surface area contributed by atoms with Crippen molar-refractivity contribution in [1.29, 1.82) is 0 Å². The van der Waals surface area contributed by atoms with Crippen molar-refractivity contribution in [2.45, 2.75) is 47.5 Å². The largest absolute Gasteiger partial charge is 0.298 e. The zero-order chi connectivity index (χ0) is 14.8. The molecule has 0 aliphatic rings. The maximum atomic E-state index is 12.6. The molecule has 2 nitrogen and oxygen atoms in total. The van der Waals surface area contributed by atoms with Gasteiger partial charge < -0.3 is 0 Å². The fourth-order valence-corrected chi connectivity index (χ4v) is 1.93. The third kappa shape index (κ3) is 3.76. The van der Waals surface area contributed by atoms with Crippen LogP contribution in [0.15, 0.2) is 30.3 Å². The second kappa shape index (κ2) is 5.28. The van der Waals surface area contributed by atoms with Crippen LogP contribution in [0.1, 0.15) is 53.0 Å². The number of Topliss-reactive ketones (excluding diaryl/α,β-unsaturated/α-hetero) is 2. The van der Waals surface area contributed by atoms with Crippen LogP contribution in [0.25, 0.3) is 0 Å². The first kappa shape index (κ1) is 15.6. The van der Waals surface area contributed by atoms with E-state index in [0.717, 1.165) is 5.56 Å². The monoisotopic (exact) mass is 260 g/mol. The summed E-state index contributed by atoms with van der Waals surface area (Å²) >= 11 is 0. The summed E-state index contributed by atoms with van der Waals surface area (Å²) in [6.45, 7) is 11.2. The van der Waals surface area contributed by atoms with Crippen molar-refractivity contribution in [3.8, 4) is 0 Å². The molecule has 0 bridgehead atoms. The van der Waals surface area contributed by atoms with Gasteiger partial charge in [-0.25, -0.2) is 0 Å². The zero-order valence-electron chi connectivity index (χ0n) is 12.8. The van der Waals surface area contributed by atoms with Gasteiger partial charge >= 0.3 is 0 Å². The van der Waals surface area contributed by atoms with Gasteiger partial charge in [0.1, 0.15) is 5.92 Å². The van der Waals surface area contributed by atoms with Gasteiger partial charge in [0.05, 0.1) is 0 Å². The molecule has 1 aromatic rings. The van der Waals surface area contributed by atoms with Crippen molar-refractivity contribution in [3.05, 3.63) is 35.9 Å². The standard InChI is InChI=1S/C17H24O2/c1-16(2,3)14(18)13(15(19)17(4,5)6)12-10-8-7-9-11-12/h7-11,13H,1-6H3. The van der Waals surface area contributed by atoms with Crippen molar-refractivity contribution in [2.75, 3.05) is 0 Å². The number of hydrogen-bond donors (Lipinski definition) is 0. The van der Waals surface area contributed by atoms with E-state index in [4.69, 9.17) is 0 Å². The van der Waals surface area contributed by atoms with Crippen LogP contribution in [0.3, 0.4) is 0 Å². The summed E-state index contributed by atoms with van der Waals surface area (Å²) in [5.74, 6) is -0.696. The Morgan fingerprint density at radius 1 is 0.789 bits per heavy atom. The summed E-state index contributed by atoms with van der Waals surface area (Å²) in [5.41, 5.74) is -0.259. The summed E-state index contributed by atoms with van der Waals surface area (Å²) in [6.07, 6.45) is 0. The summed E-state index contributed by atoms with van der Waals surface area (Å²) < 4.78 is 0. The molecule has 0 unspecified atom stereocenters. The van der Waals surface area contributed by atoms with Crippen LogP contribution in [0, 0.1) is 10.8 Å². The molecule has 0 saturated heterocycles. The lowest BCUT2D eigenvalue weighted by molar-refractivity contribution is -0.137. The Bertz CT molecular complexity index is 432. The molecule has 0 spiro atoms. The van der Waals surface area contributed by atoms with Gasteiger partial charge in [-0.3, -0.25) is 9.59 Å². The van der Waals surface area contributed by atoms with E-state index >= 15 is 0 Å². The van der Waals surface area contributed by atoms with E-state index in [1.54, 1.807) is 0 Å². The highest BCUT2D eigenvalue weighted by Gasteiger charge is 2.39. The van der Waals surface area contributed by atoms with Crippen molar-refractivity contribution in [1.82, 2.24) is 0 Å². The van der Waals surface area contributed by atoms with E-state index in [1.165, 1.54) is 0 Å². The minimum atomic E-state index is -0.666. The third-order valence-electron chi connectivity index (χ3n) is 3.14. The maximum Gasteiger partial charge on any atom is 0.153 e. The van der Waals surface area contributed by atoms with Crippen molar-refractivity contribution in [3.63, 3.8) is 0 Å². The first-order chi connectivity index (χ1) is 8.55. The van der Waals surface area contributed by atoms with E-state index in [2.05, 4.69) is 0 Å². The molecule has 0 aliphatic carbocycles. The van der Waals surface area contributed by atoms with Crippen molar-refractivity contribution < 1.29 is 9.59 Å². The van der Waals surface area contributed by atoms with Gasteiger partial charge in [-0.2, -0.15) is 0 Å². The van der Waals surface area contributed by atoms with Crippen LogP contribution in [0.4, 0.5) is 0 Å². The second-order valence-electron chi connectivity index (χ2n) is 7.07. The van der Waals surface area contributed by atoms with E-state index in [1.807, 2.05) is 71.9 Å². The number of carbonyl (C=O) groups excluding carboxylic acids is 2. The number of carbonyl (C=O) groups is 2. The molecule has 0 heterocycles. The molecular formula is C17H24O2. The molecular weight excluding hydrogens is 236 g/mol. The Balaban J connectivity index is 3.28. The Morgan fingerprint density at radius 2 is 1.16 bits per heavy atom. The molecule has 0 N–H and O–H groups in total. The molecule has 0 fully saturated rings. The molecule has 0 atom stereocenters. The third-order valence-corrected chi connectivity index (χ3v) is 3.14. The minimum absolute atomic E-state index is 0.0152.